The molecular weight excluding hydrogens is 347 g/mol. The molecule has 1 rings (SSSR count). The van der Waals surface area contributed by atoms with Crippen LogP contribution < -0.4 is 10.6 Å². The number of benzene rings is 1. The summed E-state index contributed by atoms with van der Waals surface area (Å²) in [4.78, 5) is 24.3. The predicted molar refractivity (Wildman–Crippen MR) is 99.6 cm³/mol. The molecule has 2 amide bonds. The zero-order valence-electron chi connectivity index (χ0n) is 14.9. The van der Waals surface area contributed by atoms with Gasteiger partial charge in [-0.2, -0.15) is 0 Å². The Morgan fingerprint density at radius 3 is 2.33 bits per heavy atom. The average Bonchev–Trinajstić information content (AvgIpc) is 2.45. The van der Waals surface area contributed by atoms with Gasteiger partial charge in [0.2, 0.25) is 5.91 Å². The monoisotopic (exact) mass is 372 g/mol. The highest BCUT2D eigenvalue weighted by molar-refractivity contribution is 6.35. The van der Waals surface area contributed by atoms with E-state index in [4.69, 9.17) is 23.2 Å². The van der Waals surface area contributed by atoms with E-state index in [1.165, 1.54) is 6.07 Å². The Hall–Kier alpha value is -1.26. The molecule has 1 aromatic rings. The molecule has 1 atom stereocenters. The second-order valence-corrected chi connectivity index (χ2v) is 8.27. The number of amides is 2. The van der Waals surface area contributed by atoms with Crippen molar-refractivity contribution in [2.45, 2.75) is 47.1 Å². The normalized spacial score (nSPS) is 12.8. The van der Waals surface area contributed by atoms with Crippen molar-refractivity contribution in [2.24, 2.45) is 11.3 Å². The second-order valence-electron chi connectivity index (χ2n) is 7.42. The Balaban J connectivity index is 2.64. The van der Waals surface area contributed by atoms with E-state index in [0.717, 1.165) is 6.42 Å². The van der Waals surface area contributed by atoms with Gasteiger partial charge in [0.15, 0.2) is 0 Å². The Labute approximate surface area is 154 Å². The van der Waals surface area contributed by atoms with E-state index in [0.29, 0.717) is 16.0 Å². The lowest BCUT2D eigenvalue weighted by molar-refractivity contribution is -0.121. The maximum Gasteiger partial charge on any atom is 0.253 e. The number of hydrogen-bond acceptors (Lipinski definition) is 2. The van der Waals surface area contributed by atoms with Crippen LogP contribution in [0.1, 0.15) is 51.4 Å². The maximum absolute atomic E-state index is 12.2. The summed E-state index contributed by atoms with van der Waals surface area (Å²) in [5.74, 6) is -0.176. The molecule has 0 fully saturated rings. The molecule has 0 aliphatic carbocycles. The highest BCUT2D eigenvalue weighted by Gasteiger charge is 2.27. The van der Waals surface area contributed by atoms with Crippen molar-refractivity contribution in [2.75, 3.05) is 6.54 Å². The van der Waals surface area contributed by atoms with E-state index >= 15 is 0 Å². The lowest BCUT2D eigenvalue weighted by Gasteiger charge is -2.33. The average molecular weight is 373 g/mol. The number of rotatable bonds is 6. The van der Waals surface area contributed by atoms with Crippen molar-refractivity contribution >= 4 is 35.0 Å². The number of nitrogens with one attached hydrogen (secondary N) is 2. The van der Waals surface area contributed by atoms with E-state index < -0.39 is 5.91 Å². The van der Waals surface area contributed by atoms with Gasteiger partial charge in [-0.3, -0.25) is 9.59 Å². The molecule has 2 N–H and O–H groups in total. The lowest BCUT2D eigenvalue weighted by atomic mass is 9.82. The standard InChI is InChI=1S/C18H26Cl2N2O2/c1-11(2)8-15(18(3,4)5)22-16(23)10-21-17(24)13-9-12(19)6-7-14(13)20/h6-7,9,11,15H,8,10H2,1-5H3,(H,21,24)(H,22,23)/t15-/m0/s1. The molecule has 1 aromatic carbocycles. The van der Waals surface area contributed by atoms with Gasteiger partial charge in [0.1, 0.15) is 0 Å². The van der Waals surface area contributed by atoms with Crippen LogP contribution in [0.3, 0.4) is 0 Å². The first-order valence-corrected chi connectivity index (χ1v) is 8.79. The first kappa shape index (κ1) is 20.8. The molecule has 0 spiro atoms. The number of carbonyl (C=O) groups excluding carboxylic acids is 2. The third-order valence-corrected chi connectivity index (χ3v) is 4.23. The summed E-state index contributed by atoms with van der Waals surface area (Å²) < 4.78 is 0. The molecule has 0 saturated carbocycles. The topological polar surface area (TPSA) is 58.2 Å². The van der Waals surface area contributed by atoms with Crippen LogP contribution in [0.15, 0.2) is 18.2 Å². The minimum atomic E-state index is -0.422. The number of halogens is 2. The lowest BCUT2D eigenvalue weighted by Crippen LogP contribution is -2.48. The fourth-order valence-corrected chi connectivity index (χ4v) is 2.65. The van der Waals surface area contributed by atoms with Gasteiger partial charge in [-0.1, -0.05) is 57.8 Å². The molecule has 0 aromatic heterocycles. The predicted octanol–water partition coefficient (Wildman–Crippen LogP) is 4.30. The summed E-state index contributed by atoms with van der Waals surface area (Å²) in [6, 6.07) is 4.68. The van der Waals surface area contributed by atoms with Crippen molar-refractivity contribution in [3.8, 4) is 0 Å². The van der Waals surface area contributed by atoms with E-state index in [2.05, 4.69) is 45.3 Å². The second kappa shape index (κ2) is 8.72. The van der Waals surface area contributed by atoms with Gasteiger partial charge in [0.05, 0.1) is 17.1 Å². The molecule has 134 valence electrons. The van der Waals surface area contributed by atoms with Crippen LogP contribution in [0.25, 0.3) is 0 Å². The van der Waals surface area contributed by atoms with Crippen molar-refractivity contribution in [3.05, 3.63) is 33.8 Å². The van der Waals surface area contributed by atoms with Crippen LogP contribution in [0.5, 0.6) is 0 Å². The molecule has 0 heterocycles. The Morgan fingerprint density at radius 1 is 1.17 bits per heavy atom. The van der Waals surface area contributed by atoms with Gasteiger partial charge in [-0.15, -0.1) is 0 Å². The summed E-state index contributed by atoms with van der Waals surface area (Å²) in [6.45, 7) is 10.4. The molecule has 0 aliphatic rings. The maximum atomic E-state index is 12.2. The van der Waals surface area contributed by atoms with Crippen molar-refractivity contribution < 1.29 is 9.59 Å². The largest absolute Gasteiger partial charge is 0.351 e. The van der Waals surface area contributed by atoms with E-state index in [1.54, 1.807) is 12.1 Å². The summed E-state index contributed by atoms with van der Waals surface area (Å²) in [5, 5.41) is 6.30. The minimum Gasteiger partial charge on any atom is -0.351 e. The third kappa shape index (κ3) is 6.70. The van der Waals surface area contributed by atoms with E-state index in [9.17, 15) is 9.59 Å². The molecule has 24 heavy (non-hydrogen) atoms. The zero-order valence-corrected chi connectivity index (χ0v) is 16.4. The van der Waals surface area contributed by atoms with Gasteiger partial charge in [-0.25, -0.2) is 0 Å². The minimum absolute atomic E-state index is 0.0386. The number of carbonyl (C=O) groups is 2. The summed E-state index contributed by atoms with van der Waals surface area (Å²) in [6.07, 6.45) is 0.878. The smallest absolute Gasteiger partial charge is 0.253 e. The molecule has 0 bridgehead atoms. The summed E-state index contributed by atoms with van der Waals surface area (Å²) in [5.41, 5.74) is 0.201. The Morgan fingerprint density at radius 2 is 1.79 bits per heavy atom. The molecule has 0 radical (unpaired) electrons. The van der Waals surface area contributed by atoms with Crippen LogP contribution >= 0.6 is 23.2 Å². The quantitative estimate of drug-likeness (QED) is 0.781. The fraction of sp³-hybridized carbons (Fsp3) is 0.556. The fourth-order valence-electron chi connectivity index (χ4n) is 2.27. The highest BCUT2D eigenvalue weighted by Crippen LogP contribution is 2.24. The van der Waals surface area contributed by atoms with Gasteiger partial charge in [0, 0.05) is 11.1 Å². The molecule has 0 saturated heterocycles. The molecule has 0 aliphatic heterocycles. The molecule has 6 heteroatoms. The summed E-state index contributed by atoms with van der Waals surface area (Å²) in [7, 11) is 0. The van der Waals surface area contributed by atoms with Crippen molar-refractivity contribution in [1.29, 1.82) is 0 Å². The Bertz CT molecular complexity index is 595. The molecule has 4 nitrogen and oxygen atoms in total. The Kier molecular flexibility index (Phi) is 7.56. The van der Waals surface area contributed by atoms with Crippen molar-refractivity contribution in [1.82, 2.24) is 10.6 Å². The van der Waals surface area contributed by atoms with Gasteiger partial charge in [-0.05, 0) is 36.0 Å². The highest BCUT2D eigenvalue weighted by atomic mass is 35.5. The van der Waals surface area contributed by atoms with Crippen LogP contribution in [0, 0.1) is 11.3 Å². The van der Waals surface area contributed by atoms with Crippen LogP contribution in [0.2, 0.25) is 10.0 Å². The van der Waals surface area contributed by atoms with Crippen LogP contribution in [-0.4, -0.2) is 24.4 Å². The van der Waals surface area contributed by atoms with E-state index in [-0.39, 0.29) is 29.5 Å². The third-order valence-electron chi connectivity index (χ3n) is 3.67. The van der Waals surface area contributed by atoms with E-state index in [1.807, 2.05) is 0 Å². The SMILES string of the molecule is CC(C)C[C@H](NC(=O)CNC(=O)c1cc(Cl)ccc1Cl)C(C)(C)C. The first-order valence-electron chi connectivity index (χ1n) is 8.03. The zero-order chi connectivity index (χ0) is 18.5. The first-order chi connectivity index (χ1) is 11.0. The molecule has 0 unspecified atom stereocenters. The van der Waals surface area contributed by atoms with Gasteiger partial charge < -0.3 is 10.6 Å². The number of hydrogen-bond donors (Lipinski definition) is 2. The van der Waals surface area contributed by atoms with Crippen LogP contribution in [0.4, 0.5) is 0 Å². The van der Waals surface area contributed by atoms with Crippen LogP contribution in [-0.2, 0) is 4.79 Å². The van der Waals surface area contributed by atoms with Gasteiger partial charge >= 0.3 is 0 Å². The van der Waals surface area contributed by atoms with Gasteiger partial charge in [0.25, 0.3) is 5.91 Å². The molecular formula is C18H26Cl2N2O2. The van der Waals surface area contributed by atoms with Crippen molar-refractivity contribution in [3.63, 3.8) is 0 Å². The summed E-state index contributed by atoms with van der Waals surface area (Å²) >= 11 is 11.9.